The van der Waals surface area contributed by atoms with Gasteiger partial charge in [-0.3, -0.25) is 0 Å². The molecular weight excluding hydrogens is 234 g/mol. The first kappa shape index (κ1) is 14.4. The fourth-order valence-corrected chi connectivity index (χ4v) is 3.22. The smallest absolute Gasteiger partial charge is 0.118 e. The molecule has 0 aliphatic heterocycles. The Labute approximate surface area is 117 Å². The maximum Gasteiger partial charge on any atom is 0.118 e. The molecule has 0 aromatic heterocycles. The average Bonchev–Trinajstić information content (AvgIpc) is 2.42. The average molecular weight is 261 g/mol. The van der Waals surface area contributed by atoms with Crippen LogP contribution in [-0.2, 0) is 0 Å². The number of rotatable bonds is 4. The van der Waals surface area contributed by atoms with E-state index in [0.717, 1.165) is 17.6 Å². The van der Waals surface area contributed by atoms with Crippen molar-refractivity contribution in [2.24, 2.45) is 11.8 Å². The summed E-state index contributed by atoms with van der Waals surface area (Å²) in [6, 6.07) is 9.47. The van der Waals surface area contributed by atoms with E-state index >= 15 is 0 Å². The minimum Gasteiger partial charge on any atom is -0.497 e. The summed E-state index contributed by atoms with van der Waals surface area (Å²) in [6.45, 7) is 7.01. The van der Waals surface area contributed by atoms with Gasteiger partial charge < -0.3 is 10.1 Å². The molecule has 2 rings (SSSR count). The van der Waals surface area contributed by atoms with Gasteiger partial charge in [0.25, 0.3) is 0 Å². The van der Waals surface area contributed by atoms with E-state index in [1.165, 1.54) is 24.8 Å². The highest BCUT2D eigenvalue weighted by Crippen LogP contribution is 2.30. The monoisotopic (exact) mass is 261 g/mol. The molecule has 1 saturated carbocycles. The molecule has 0 saturated heterocycles. The molecule has 0 spiro atoms. The van der Waals surface area contributed by atoms with Crippen LogP contribution in [0.25, 0.3) is 0 Å². The lowest BCUT2D eigenvalue weighted by atomic mass is 9.79. The molecule has 2 heteroatoms. The Kier molecular flexibility index (Phi) is 4.87. The molecule has 1 aromatic carbocycles. The zero-order chi connectivity index (χ0) is 13.8. The summed E-state index contributed by atoms with van der Waals surface area (Å²) in [7, 11) is 1.71. The summed E-state index contributed by atoms with van der Waals surface area (Å²) in [5.41, 5.74) is 1.34. The Bertz CT molecular complexity index is 387. The summed E-state index contributed by atoms with van der Waals surface area (Å²) >= 11 is 0. The van der Waals surface area contributed by atoms with Gasteiger partial charge in [0.05, 0.1) is 7.11 Å². The lowest BCUT2D eigenvalue weighted by Crippen LogP contribution is -2.40. The van der Waals surface area contributed by atoms with Crippen LogP contribution < -0.4 is 10.1 Å². The van der Waals surface area contributed by atoms with Gasteiger partial charge in [-0.25, -0.2) is 0 Å². The molecule has 1 aromatic rings. The standard InChI is InChI=1S/C17H27NO/c1-12-5-10-17(13(2)11-12)18-14(3)15-6-8-16(19-4)9-7-15/h6-9,12-14,17-18H,5,10-11H2,1-4H3. The molecule has 1 N–H and O–H groups in total. The molecule has 1 aliphatic rings. The molecule has 0 heterocycles. The summed E-state index contributed by atoms with van der Waals surface area (Å²) in [6.07, 6.45) is 4.02. The summed E-state index contributed by atoms with van der Waals surface area (Å²) in [5.74, 6) is 2.60. The molecule has 4 unspecified atom stereocenters. The fourth-order valence-electron chi connectivity index (χ4n) is 3.22. The Morgan fingerprint density at radius 3 is 2.42 bits per heavy atom. The molecular formula is C17H27NO. The second-order valence-corrected chi connectivity index (χ2v) is 6.16. The van der Waals surface area contributed by atoms with Crippen molar-refractivity contribution >= 4 is 0 Å². The van der Waals surface area contributed by atoms with Gasteiger partial charge >= 0.3 is 0 Å². The van der Waals surface area contributed by atoms with E-state index in [4.69, 9.17) is 4.74 Å². The van der Waals surface area contributed by atoms with Crippen molar-refractivity contribution in [2.75, 3.05) is 7.11 Å². The molecule has 19 heavy (non-hydrogen) atoms. The summed E-state index contributed by atoms with van der Waals surface area (Å²) in [4.78, 5) is 0. The second kappa shape index (κ2) is 6.42. The maximum atomic E-state index is 5.21. The third-order valence-electron chi connectivity index (χ3n) is 4.51. The number of hydrogen-bond acceptors (Lipinski definition) is 2. The highest BCUT2D eigenvalue weighted by molar-refractivity contribution is 5.28. The van der Waals surface area contributed by atoms with Crippen molar-refractivity contribution in [1.29, 1.82) is 0 Å². The Balaban J connectivity index is 1.94. The van der Waals surface area contributed by atoms with Crippen LogP contribution >= 0.6 is 0 Å². The number of hydrogen-bond donors (Lipinski definition) is 1. The lowest BCUT2D eigenvalue weighted by molar-refractivity contribution is 0.216. The first-order valence-corrected chi connectivity index (χ1v) is 7.50. The van der Waals surface area contributed by atoms with Gasteiger partial charge in [-0.05, 0) is 55.7 Å². The van der Waals surface area contributed by atoms with E-state index in [2.05, 4.69) is 38.2 Å². The van der Waals surface area contributed by atoms with Crippen LogP contribution in [0.5, 0.6) is 5.75 Å². The Morgan fingerprint density at radius 2 is 1.84 bits per heavy atom. The minimum absolute atomic E-state index is 0.409. The first-order valence-electron chi connectivity index (χ1n) is 7.50. The number of methoxy groups -OCH3 is 1. The predicted molar refractivity (Wildman–Crippen MR) is 80.5 cm³/mol. The van der Waals surface area contributed by atoms with Crippen LogP contribution in [0.4, 0.5) is 0 Å². The molecule has 0 amide bonds. The van der Waals surface area contributed by atoms with Crippen molar-refractivity contribution in [3.63, 3.8) is 0 Å². The number of nitrogens with one attached hydrogen (secondary N) is 1. The van der Waals surface area contributed by atoms with Crippen LogP contribution in [0, 0.1) is 11.8 Å². The quantitative estimate of drug-likeness (QED) is 0.878. The van der Waals surface area contributed by atoms with E-state index in [1.807, 2.05) is 12.1 Å². The minimum atomic E-state index is 0.409. The van der Waals surface area contributed by atoms with Crippen LogP contribution in [0.15, 0.2) is 24.3 Å². The van der Waals surface area contributed by atoms with Crippen molar-refractivity contribution in [1.82, 2.24) is 5.32 Å². The molecule has 1 fully saturated rings. The van der Waals surface area contributed by atoms with Crippen molar-refractivity contribution < 1.29 is 4.74 Å². The number of ether oxygens (including phenoxy) is 1. The second-order valence-electron chi connectivity index (χ2n) is 6.16. The van der Waals surface area contributed by atoms with E-state index in [9.17, 15) is 0 Å². The van der Waals surface area contributed by atoms with Gasteiger partial charge in [-0.15, -0.1) is 0 Å². The summed E-state index contributed by atoms with van der Waals surface area (Å²) in [5, 5.41) is 3.80. The van der Waals surface area contributed by atoms with Crippen LogP contribution in [-0.4, -0.2) is 13.2 Å². The van der Waals surface area contributed by atoms with Crippen LogP contribution in [0.1, 0.15) is 51.6 Å². The Morgan fingerprint density at radius 1 is 1.16 bits per heavy atom. The van der Waals surface area contributed by atoms with Crippen molar-refractivity contribution in [3.8, 4) is 5.75 Å². The lowest BCUT2D eigenvalue weighted by Gasteiger charge is -2.35. The first-order chi connectivity index (χ1) is 9.10. The van der Waals surface area contributed by atoms with E-state index in [0.29, 0.717) is 12.1 Å². The molecule has 1 aliphatic carbocycles. The van der Waals surface area contributed by atoms with E-state index in [-0.39, 0.29) is 0 Å². The predicted octanol–water partition coefficient (Wildman–Crippen LogP) is 4.17. The highest BCUT2D eigenvalue weighted by atomic mass is 16.5. The van der Waals surface area contributed by atoms with E-state index < -0.39 is 0 Å². The molecule has 106 valence electrons. The molecule has 4 atom stereocenters. The zero-order valence-electron chi connectivity index (χ0n) is 12.6. The number of benzene rings is 1. The van der Waals surface area contributed by atoms with Gasteiger partial charge in [0.1, 0.15) is 5.75 Å². The van der Waals surface area contributed by atoms with Crippen LogP contribution in [0.2, 0.25) is 0 Å². The Hall–Kier alpha value is -1.02. The summed E-state index contributed by atoms with van der Waals surface area (Å²) < 4.78 is 5.21. The van der Waals surface area contributed by atoms with Crippen LogP contribution in [0.3, 0.4) is 0 Å². The molecule has 0 bridgehead atoms. The van der Waals surface area contributed by atoms with E-state index in [1.54, 1.807) is 7.11 Å². The van der Waals surface area contributed by atoms with Crippen molar-refractivity contribution in [2.45, 2.75) is 52.1 Å². The normalized spacial score (nSPS) is 28.9. The SMILES string of the molecule is COc1ccc(C(C)NC2CCC(C)CC2C)cc1. The zero-order valence-corrected chi connectivity index (χ0v) is 12.6. The molecule has 0 radical (unpaired) electrons. The van der Waals surface area contributed by atoms with Gasteiger partial charge in [0.2, 0.25) is 0 Å². The maximum absolute atomic E-state index is 5.21. The van der Waals surface area contributed by atoms with Gasteiger partial charge in [0, 0.05) is 12.1 Å². The largest absolute Gasteiger partial charge is 0.497 e. The topological polar surface area (TPSA) is 21.3 Å². The van der Waals surface area contributed by atoms with Gasteiger partial charge in [0.15, 0.2) is 0 Å². The van der Waals surface area contributed by atoms with Crippen molar-refractivity contribution in [3.05, 3.63) is 29.8 Å². The van der Waals surface area contributed by atoms with Gasteiger partial charge in [-0.1, -0.05) is 26.0 Å². The highest BCUT2D eigenvalue weighted by Gasteiger charge is 2.26. The third-order valence-corrected chi connectivity index (χ3v) is 4.51. The molecule has 2 nitrogen and oxygen atoms in total. The fraction of sp³-hybridized carbons (Fsp3) is 0.647. The van der Waals surface area contributed by atoms with Gasteiger partial charge in [-0.2, -0.15) is 0 Å². The third kappa shape index (κ3) is 3.73.